The van der Waals surface area contributed by atoms with Gasteiger partial charge < -0.3 is 20.4 Å². The summed E-state index contributed by atoms with van der Waals surface area (Å²) >= 11 is 0. The Bertz CT molecular complexity index is 1120. The number of anilines is 1. The van der Waals surface area contributed by atoms with Gasteiger partial charge in [-0.1, -0.05) is 13.8 Å². The molecule has 8 nitrogen and oxygen atoms in total. The first-order chi connectivity index (χ1) is 15.4. The summed E-state index contributed by atoms with van der Waals surface area (Å²) in [6, 6.07) is 8.86. The van der Waals surface area contributed by atoms with E-state index in [1.807, 2.05) is 43.8 Å². The number of amides is 1. The SMILES string of the molecule is CCOc1cc2nn(C3CCC(O)CC3)cc2cc1NC(=O)c1cccc(C(C)C)[n+]1[O-]. The monoisotopic (exact) mass is 438 g/mol. The fraction of sp³-hybridized carbons (Fsp3) is 0.458. The van der Waals surface area contributed by atoms with Crippen LogP contribution < -0.4 is 14.8 Å². The van der Waals surface area contributed by atoms with E-state index in [0.717, 1.165) is 36.6 Å². The molecule has 1 saturated carbocycles. The summed E-state index contributed by atoms with van der Waals surface area (Å²) in [6.07, 6.45) is 5.06. The van der Waals surface area contributed by atoms with Crippen molar-refractivity contribution in [2.75, 3.05) is 11.9 Å². The third kappa shape index (κ3) is 4.41. The van der Waals surface area contributed by atoms with E-state index in [9.17, 15) is 15.1 Å². The van der Waals surface area contributed by atoms with Crippen LogP contribution in [0.4, 0.5) is 5.69 Å². The summed E-state index contributed by atoms with van der Waals surface area (Å²) in [5.41, 5.74) is 1.85. The Morgan fingerprint density at radius 2 is 2.06 bits per heavy atom. The van der Waals surface area contributed by atoms with Crippen molar-refractivity contribution in [3.63, 3.8) is 0 Å². The molecule has 170 valence electrons. The van der Waals surface area contributed by atoms with Gasteiger partial charge in [-0.2, -0.15) is 9.83 Å². The van der Waals surface area contributed by atoms with Crippen LogP contribution in [-0.2, 0) is 0 Å². The second-order valence-corrected chi connectivity index (χ2v) is 8.65. The molecule has 1 amide bonds. The molecule has 8 heteroatoms. The first-order valence-electron chi connectivity index (χ1n) is 11.2. The van der Waals surface area contributed by atoms with Crippen LogP contribution in [0.15, 0.2) is 36.5 Å². The lowest BCUT2D eigenvalue weighted by Gasteiger charge is -2.25. The molecule has 1 aliphatic carbocycles. The zero-order valence-electron chi connectivity index (χ0n) is 18.7. The van der Waals surface area contributed by atoms with Gasteiger partial charge in [0.2, 0.25) is 0 Å². The van der Waals surface area contributed by atoms with Gasteiger partial charge in [-0.05, 0) is 44.7 Å². The molecule has 32 heavy (non-hydrogen) atoms. The number of nitrogens with zero attached hydrogens (tertiary/aromatic N) is 3. The van der Waals surface area contributed by atoms with Crippen LogP contribution in [0.2, 0.25) is 0 Å². The first kappa shape index (κ1) is 22.1. The topological polar surface area (TPSA) is 103 Å². The number of ether oxygens (including phenoxy) is 1. The highest BCUT2D eigenvalue weighted by atomic mass is 16.5. The molecule has 0 spiro atoms. The van der Waals surface area contributed by atoms with Gasteiger partial charge in [-0.15, -0.1) is 0 Å². The smallest absolute Gasteiger partial charge is 0.321 e. The minimum Gasteiger partial charge on any atom is -0.618 e. The summed E-state index contributed by atoms with van der Waals surface area (Å²) in [5, 5.41) is 30.9. The highest BCUT2D eigenvalue weighted by Gasteiger charge is 2.24. The number of rotatable bonds is 6. The lowest BCUT2D eigenvalue weighted by Crippen LogP contribution is -2.41. The zero-order chi connectivity index (χ0) is 22.8. The van der Waals surface area contributed by atoms with Gasteiger partial charge in [0, 0.05) is 35.7 Å². The molecule has 0 unspecified atom stereocenters. The summed E-state index contributed by atoms with van der Waals surface area (Å²) in [5.74, 6) is 0.0221. The van der Waals surface area contributed by atoms with Crippen LogP contribution >= 0.6 is 0 Å². The number of hydrogen-bond donors (Lipinski definition) is 2. The average Bonchev–Trinajstić information content (AvgIpc) is 3.17. The number of aliphatic hydroxyl groups excluding tert-OH is 1. The molecule has 4 rings (SSSR count). The Morgan fingerprint density at radius 1 is 1.31 bits per heavy atom. The second-order valence-electron chi connectivity index (χ2n) is 8.65. The van der Waals surface area contributed by atoms with Crippen molar-refractivity contribution in [3.8, 4) is 5.75 Å². The lowest BCUT2D eigenvalue weighted by atomic mass is 9.93. The Labute approximate surface area is 187 Å². The summed E-state index contributed by atoms with van der Waals surface area (Å²) in [4.78, 5) is 13.0. The second kappa shape index (κ2) is 9.16. The Hall–Kier alpha value is -3.13. The van der Waals surface area contributed by atoms with Crippen molar-refractivity contribution >= 4 is 22.5 Å². The summed E-state index contributed by atoms with van der Waals surface area (Å²) in [6.45, 7) is 6.13. The summed E-state index contributed by atoms with van der Waals surface area (Å²) in [7, 11) is 0. The van der Waals surface area contributed by atoms with Crippen LogP contribution in [0.3, 0.4) is 0 Å². The molecule has 0 aliphatic heterocycles. The number of aliphatic hydroxyl groups is 1. The predicted molar refractivity (Wildman–Crippen MR) is 122 cm³/mol. The van der Waals surface area contributed by atoms with E-state index in [4.69, 9.17) is 9.84 Å². The molecule has 1 aliphatic rings. The van der Waals surface area contributed by atoms with E-state index < -0.39 is 5.91 Å². The molecule has 0 bridgehead atoms. The maximum absolute atomic E-state index is 13.0. The third-order valence-corrected chi connectivity index (χ3v) is 6.01. The molecule has 1 aromatic carbocycles. The van der Waals surface area contributed by atoms with Gasteiger partial charge in [0.15, 0.2) is 5.69 Å². The number of carbonyl (C=O) groups is 1. The molecule has 3 aromatic rings. The van der Waals surface area contributed by atoms with Gasteiger partial charge in [0.1, 0.15) is 5.75 Å². The molecule has 2 heterocycles. The highest BCUT2D eigenvalue weighted by Crippen LogP contribution is 2.33. The van der Waals surface area contributed by atoms with Crippen molar-refractivity contribution in [1.29, 1.82) is 0 Å². The standard InChI is InChI=1S/C24H30N4O4/c1-4-32-23-13-19-16(14-27(26-19)17-8-10-18(29)11-9-17)12-20(23)25-24(30)22-7-5-6-21(15(2)3)28(22)31/h5-7,12-15,17-18,29H,4,8-11H2,1-3H3,(H,25,30). The quantitative estimate of drug-likeness (QED) is 0.448. The molecular weight excluding hydrogens is 408 g/mol. The van der Waals surface area contributed by atoms with Gasteiger partial charge in [0.05, 0.1) is 30.0 Å². The fourth-order valence-corrected chi connectivity index (χ4v) is 4.25. The number of carbonyl (C=O) groups excluding carboxylic acids is 1. The Balaban J connectivity index is 1.65. The number of fused-ring (bicyclic) bond motifs is 1. The highest BCUT2D eigenvalue weighted by molar-refractivity contribution is 6.04. The van der Waals surface area contributed by atoms with Crippen molar-refractivity contribution in [1.82, 2.24) is 9.78 Å². The van der Waals surface area contributed by atoms with Crippen molar-refractivity contribution in [2.45, 2.75) is 64.5 Å². The third-order valence-electron chi connectivity index (χ3n) is 6.01. The molecule has 1 fully saturated rings. The molecule has 2 N–H and O–H groups in total. The van der Waals surface area contributed by atoms with Crippen molar-refractivity contribution in [2.24, 2.45) is 0 Å². The Morgan fingerprint density at radius 3 is 2.75 bits per heavy atom. The number of hydrogen-bond acceptors (Lipinski definition) is 5. The Kier molecular flexibility index (Phi) is 6.32. The minimum atomic E-state index is -0.489. The maximum Gasteiger partial charge on any atom is 0.321 e. The van der Waals surface area contributed by atoms with E-state index in [1.54, 1.807) is 12.1 Å². The van der Waals surface area contributed by atoms with E-state index in [0.29, 0.717) is 28.5 Å². The van der Waals surface area contributed by atoms with E-state index in [-0.39, 0.29) is 23.8 Å². The largest absolute Gasteiger partial charge is 0.618 e. The molecule has 2 aromatic heterocycles. The van der Waals surface area contributed by atoms with Crippen LogP contribution in [0.1, 0.15) is 74.6 Å². The van der Waals surface area contributed by atoms with Gasteiger partial charge in [0.25, 0.3) is 5.69 Å². The van der Waals surface area contributed by atoms with Crippen LogP contribution in [0, 0.1) is 5.21 Å². The number of pyridine rings is 1. The van der Waals surface area contributed by atoms with E-state index >= 15 is 0 Å². The maximum atomic E-state index is 13.0. The number of benzene rings is 1. The predicted octanol–water partition coefficient (Wildman–Crippen LogP) is 3.92. The van der Waals surface area contributed by atoms with Crippen LogP contribution in [0.5, 0.6) is 5.75 Å². The zero-order valence-corrected chi connectivity index (χ0v) is 18.7. The fourth-order valence-electron chi connectivity index (χ4n) is 4.25. The number of nitrogens with one attached hydrogen (secondary N) is 1. The van der Waals surface area contributed by atoms with Crippen LogP contribution in [-0.4, -0.2) is 33.5 Å². The summed E-state index contributed by atoms with van der Waals surface area (Å²) < 4.78 is 8.40. The average molecular weight is 439 g/mol. The molecule has 0 radical (unpaired) electrons. The minimum absolute atomic E-state index is 0.00215. The molecule has 0 atom stereocenters. The molecular formula is C24H30N4O4. The van der Waals surface area contributed by atoms with Crippen LogP contribution in [0.25, 0.3) is 10.9 Å². The van der Waals surface area contributed by atoms with E-state index in [1.165, 1.54) is 6.07 Å². The molecule has 0 saturated heterocycles. The van der Waals surface area contributed by atoms with Gasteiger partial charge in [-0.3, -0.25) is 9.48 Å². The first-order valence-corrected chi connectivity index (χ1v) is 11.2. The van der Waals surface area contributed by atoms with Crippen molar-refractivity contribution in [3.05, 3.63) is 53.1 Å². The van der Waals surface area contributed by atoms with Gasteiger partial charge >= 0.3 is 5.91 Å². The van der Waals surface area contributed by atoms with E-state index in [2.05, 4.69) is 5.32 Å². The van der Waals surface area contributed by atoms with Crippen molar-refractivity contribution < 1.29 is 19.4 Å². The van der Waals surface area contributed by atoms with Gasteiger partial charge in [-0.25, -0.2) is 0 Å². The number of aromatic nitrogens is 3. The lowest BCUT2D eigenvalue weighted by molar-refractivity contribution is -0.617. The normalized spacial score (nSPS) is 18.8.